The lowest BCUT2D eigenvalue weighted by molar-refractivity contribution is 0.301. The van der Waals surface area contributed by atoms with Crippen LogP contribution in [0.4, 0.5) is 0 Å². The normalized spacial score (nSPS) is 21.7. The van der Waals surface area contributed by atoms with Crippen LogP contribution in [0, 0.1) is 0 Å². The summed E-state index contributed by atoms with van der Waals surface area (Å²) < 4.78 is 0. The molecule has 0 bridgehead atoms. The van der Waals surface area contributed by atoms with E-state index in [1.807, 2.05) is 0 Å². The Labute approximate surface area is 63.0 Å². The highest BCUT2D eigenvalue weighted by Crippen LogP contribution is 2.17. The summed E-state index contributed by atoms with van der Waals surface area (Å²) in [5.74, 6) is 0. The summed E-state index contributed by atoms with van der Waals surface area (Å²) in [5.41, 5.74) is 2.46. The summed E-state index contributed by atoms with van der Waals surface area (Å²) in [4.78, 5) is 2.39. The Hall–Kier alpha value is -0.560. The van der Waals surface area contributed by atoms with Crippen LogP contribution in [0.5, 0.6) is 0 Å². The zero-order chi connectivity index (χ0) is 7.56. The molecule has 0 aromatic heterocycles. The van der Waals surface area contributed by atoms with E-state index < -0.39 is 0 Å². The molecule has 0 spiro atoms. The lowest BCUT2D eigenvalue weighted by Gasteiger charge is -2.28. The molecule has 1 aliphatic heterocycles. The van der Waals surface area contributed by atoms with E-state index in [9.17, 15) is 0 Å². The molecule has 1 nitrogen and oxygen atoms in total. The Morgan fingerprint density at radius 1 is 1.40 bits per heavy atom. The van der Waals surface area contributed by atoms with Crippen LogP contribution < -0.4 is 0 Å². The first kappa shape index (κ1) is 7.55. The third-order valence-electron chi connectivity index (χ3n) is 2.09. The van der Waals surface area contributed by atoms with Gasteiger partial charge in [0.2, 0.25) is 0 Å². The van der Waals surface area contributed by atoms with Crippen molar-refractivity contribution in [3.63, 3.8) is 0 Å². The second-order valence-corrected chi connectivity index (χ2v) is 2.83. The number of piperidine rings is 1. The third kappa shape index (κ3) is 1.48. The summed E-state index contributed by atoms with van der Waals surface area (Å²) in [7, 11) is 0. The Morgan fingerprint density at radius 3 is 2.60 bits per heavy atom. The fourth-order valence-corrected chi connectivity index (χ4v) is 1.20. The van der Waals surface area contributed by atoms with Crippen molar-refractivity contribution in [1.29, 1.82) is 0 Å². The van der Waals surface area contributed by atoms with Gasteiger partial charge in [-0.2, -0.15) is 0 Å². The highest BCUT2D eigenvalue weighted by molar-refractivity contribution is 5.28. The average Bonchev–Trinajstić information content (AvgIpc) is 1.95. The number of rotatable bonds is 1. The number of likely N-dealkylation sites (N-methyl/N-ethyl adjacent to an activating group) is 1. The van der Waals surface area contributed by atoms with Gasteiger partial charge in [-0.3, -0.25) is 4.90 Å². The monoisotopic (exact) mass is 137 g/mol. The maximum Gasteiger partial charge on any atom is 0.0230 e. The lowest BCUT2D eigenvalue weighted by Crippen LogP contribution is -2.31. The molecule has 0 aliphatic carbocycles. The molecular weight excluding hydrogens is 122 g/mol. The van der Waals surface area contributed by atoms with Gasteiger partial charge in [0.15, 0.2) is 0 Å². The number of likely N-dealkylation sites (tertiary alicyclic amines) is 1. The van der Waals surface area contributed by atoms with E-state index in [-0.39, 0.29) is 0 Å². The average molecular weight is 137 g/mol. The highest BCUT2D eigenvalue weighted by Gasteiger charge is 2.12. The summed E-state index contributed by atoms with van der Waals surface area (Å²) >= 11 is 0. The third-order valence-corrected chi connectivity index (χ3v) is 2.09. The van der Waals surface area contributed by atoms with E-state index in [2.05, 4.69) is 25.0 Å². The first-order chi connectivity index (χ1) is 4.74. The van der Waals surface area contributed by atoms with Gasteiger partial charge in [-0.15, -0.1) is 0 Å². The number of hydrogen-bond donors (Lipinski definition) is 0. The standard InChI is InChI=1S/C9H15N/c1-4-10-6-5-8(2)9(3)7-10/h2-7H2,1H3. The first-order valence-electron chi connectivity index (χ1n) is 3.82. The summed E-state index contributed by atoms with van der Waals surface area (Å²) in [6, 6.07) is 0. The van der Waals surface area contributed by atoms with Crippen molar-refractivity contribution in [2.75, 3.05) is 19.6 Å². The van der Waals surface area contributed by atoms with Crippen molar-refractivity contribution >= 4 is 0 Å². The van der Waals surface area contributed by atoms with Gasteiger partial charge < -0.3 is 0 Å². The minimum Gasteiger partial charge on any atom is -0.299 e. The molecular formula is C9H15N. The van der Waals surface area contributed by atoms with E-state index in [1.54, 1.807) is 0 Å². The van der Waals surface area contributed by atoms with Crippen molar-refractivity contribution < 1.29 is 0 Å². The Morgan fingerprint density at radius 2 is 2.10 bits per heavy atom. The van der Waals surface area contributed by atoms with Gasteiger partial charge in [0.25, 0.3) is 0 Å². The van der Waals surface area contributed by atoms with E-state index >= 15 is 0 Å². The Kier molecular flexibility index (Phi) is 2.28. The molecule has 1 fully saturated rings. The van der Waals surface area contributed by atoms with Gasteiger partial charge in [0.1, 0.15) is 0 Å². The fraction of sp³-hybridized carbons (Fsp3) is 0.556. The number of nitrogens with zero attached hydrogens (tertiary/aromatic N) is 1. The van der Waals surface area contributed by atoms with Crippen LogP contribution >= 0.6 is 0 Å². The van der Waals surface area contributed by atoms with E-state index in [0.717, 1.165) is 26.1 Å². The van der Waals surface area contributed by atoms with Gasteiger partial charge in [-0.25, -0.2) is 0 Å². The SMILES string of the molecule is C=C1CCN(CC)CC1=C. The first-order valence-corrected chi connectivity index (χ1v) is 3.82. The quantitative estimate of drug-likeness (QED) is 0.533. The molecule has 0 N–H and O–H groups in total. The molecule has 1 saturated heterocycles. The highest BCUT2D eigenvalue weighted by atomic mass is 15.1. The molecule has 1 heteroatoms. The minimum atomic E-state index is 1.02. The molecule has 0 amide bonds. The molecule has 0 saturated carbocycles. The van der Waals surface area contributed by atoms with E-state index in [1.165, 1.54) is 11.1 Å². The molecule has 0 radical (unpaired) electrons. The smallest absolute Gasteiger partial charge is 0.0230 e. The molecule has 1 rings (SSSR count). The van der Waals surface area contributed by atoms with Crippen molar-refractivity contribution in [1.82, 2.24) is 4.90 Å². The molecule has 1 heterocycles. The molecule has 56 valence electrons. The van der Waals surface area contributed by atoms with Gasteiger partial charge in [0.05, 0.1) is 0 Å². The van der Waals surface area contributed by atoms with Gasteiger partial charge in [-0.05, 0) is 18.5 Å². The summed E-state index contributed by atoms with van der Waals surface area (Å²) in [6.45, 7) is 13.4. The van der Waals surface area contributed by atoms with E-state index in [4.69, 9.17) is 0 Å². The van der Waals surface area contributed by atoms with Crippen LogP contribution in [0.1, 0.15) is 13.3 Å². The molecule has 0 aromatic carbocycles. The minimum absolute atomic E-state index is 1.02. The van der Waals surface area contributed by atoms with Crippen LogP contribution in [0.15, 0.2) is 24.3 Å². The van der Waals surface area contributed by atoms with Gasteiger partial charge in [-0.1, -0.05) is 25.7 Å². The zero-order valence-corrected chi connectivity index (χ0v) is 6.69. The van der Waals surface area contributed by atoms with Gasteiger partial charge >= 0.3 is 0 Å². The predicted molar refractivity (Wildman–Crippen MR) is 45.0 cm³/mol. The second-order valence-electron chi connectivity index (χ2n) is 2.83. The maximum absolute atomic E-state index is 3.95. The maximum atomic E-state index is 3.95. The van der Waals surface area contributed by atoms with Crippen LogP contribution in [0.3, 0.4) is 0 Å². The largest absolute Gasteiger partial charge is 0.299 e. The van der Waals surface area contributed by atoms with Crippen molar-refractivity contribution in [2.45, 2.75) is 13.3 Å². The molecule has 10 heavy (non-hydrogen) atoms. The topological polar surface area (TPSA) is 3.24 Å². The Balaban J connectivity index is 2.48. The van der Waals surface area contributed by atoms with Crippen molar-refractivity contribution in [3.8, 4) is 0 Å². The lowest BCUT2D eigenvalue weighted by atomic mass is 10.0. The molecule has 0 aromatic rings. The molecule has 1 aliphatic rings. The summed E-state index contributed by atoms with van der Waals surface area (Å²) in [6.07, 6.45) is 1.10. The van der Waals surface area contributed by atoms with Crippen molar-refractivity contribution in [3.05, 3.63) is 24.3 Å². The fourth-order valence-electron chi connectivity index (χ4n) is 1.20. The predicted octanol–water partition coefficient (Wildman–Crippen LogP) is 1.82. The summed E-state index contributed by atoms with van der Waals surface area (Å²) in [5, 5.41) is 0. The Bertz CT molecular complexity index is 158. The molecule has 0 atom stereocenters. The number of hydrogen-bond acceptors (Lipinski definition) is 1. The van der Waals surface area contributed by atoms with Gasteiger partial charge in [0, 0.05) is 13.1 Å². The van der Waals surface area contributed by atoms with E-state index in [0.29, 0.717) is 0 Å². The molecule has 0 unspecified atom stereocenters. The van der Waals surface area contributed by atoms with Crippen LogP contribution in [-0.2, 0) is 0 Å². The van der Waals surface area contributed by atoms with Crippen LogP contribution in [0.25, 0.3) is 0 Å². The van der Waals surface area contributed by atoms with Crippen molar-refractivity contribution in [2.24, 2.45) is 0 Å². The zero-order valence-electron chi connectivity index (χ0n) is 6.69. The van der Waals surface area contributed by atoms with Crippen LogP contribution in [0.2, 0.25) is 0 Å². The second kappa shape index (κ2) is 3.02. The van der Waals surface area contributed by atoms with Crippen LogP contribution in [-0.4, -0.2) is 24.5 Å².